The molecule has 3 heterocycles. The van der Waals surface area contributed by atoms with E-state index in [0.29, 0.717) is 18.7 Å². The summed E-state index contributed by atoms with van der Waals surface area (Å²) >= 11 is 0. The second kappa shape index (κ2) is 7.66. The van der Waals surface area contributed by atoms with Gasteiger partial charge in [0.2, 0.25) is 11.8 Å². The zero-order chi connectivity index (χ0) is 21.6. The van der Waals surface area contributed by atoms with Crippen molar-refractivity contribution in [2.75, 3.05) is 19.6 Å². The molecule has 1 spiro atoms. The van der Waals surface area contributed by atoms with Crippen LogP contribution >= 0.6 is 0 Å². The largest absolute Gasteiger partial charge is 0.355 e. The van der Waals surface area contributed by atoms with Crippen LogP contribution in [-0.4, -0.2) is 58.1 Å². The van der Waals surface area contributed by atoms with Crippen molar-refractivity contribution < 1.29 is 14.4 Å². The van der Waals surface area contributed by atoms with Crippen molar-refractivity contribution in [1.29, 1.82) is 0 Å². The van der Waals surface area contributed by atoms with E-state index >= 15 is 0 Å². The lowest BCUT2D eigenvalue weighted by atomic mass is 9.67. The third-order valence-electron chi connectivity index (χ3n) is 7.24. The lowest BCUT2D eigenvalue weighted by molar-refractivity contribution is -0.127. The molecule has 1 atom stereocenters. The molecule has 1 saturated carbocycles. The van der Waals surface area contributed by atoms with E-state index in [2.05, 4.69) is 15.7 Å². The molecule has 0 radical (unpaired) electrons. The van der Waals surface area contributed by atoms with Gasteiger partial charge in [-0.1, -0.05) is 18.2 Å². The Kier molecular flexibility index (Phi) is 4.95. The number of amides is 3. The first-order valence-corrected chi connectivity index (χ1v) is 11.3. The van der Waals surface area contributed by atoms with E-state index in [0.717, 1.165) is 56.2 Å². The van der Waals surface area contributed by atoms with Crippen LogP contribution < -0.4 is 10.6 Å². The number of hydrogen-bond acceptors (Lipinski definition) is 4. The average molecular weight is 424 g/mol. The minimum Gasteiger partial charge on any atom is -0.355 e. The van der Waals surface area contributed by atoms with Gasteiger partial charge in [-0.3, -0.25) is 19.1 Å². The summed E-state index contributed by atoms with van der Waals surface area (Å²) in [6.45, 7) is 4.74. The van der Waals surface area contributed by atoms with Gasteiger partial charge in [0.15, 0.2) is 5.69 Å². The molecule has 1 unspecified atom stereocenters. The number of benzene rings is 1. The van der Waals surface area contributed by atoms with E-state index in [-0.39, 0.29) is 35.1 Å². The summed E-state index contributed by atoms with van der Waals surface area (Å²) in [5, 5.41) is 11.4. The smallest absolute Gasteiger partial charge is 0.275 e. The number of aryl methyl sites for hydroxylation is 1. The van der Waals surface area contributed by atoms with Gasteiger partial charge in [-0.2, -0.15) is 5.10 Å². The first kappa shape index (κ1) is 20.0. The van der Waals surface area contributed by atoms with E-state index in [4.69, 9.17) is 0 Å². The quantitative estimate of drug-likeness (QED) is 0.782. The number of nitrogens with zero attached hydrogens (tertiary/aromatic N) is 3. The van der Waals surface area contributed by atoms with Gasteiger partial charge in [-0.05, 0) is 38.7 Å². The number of rotatable bonds is 4. The number of fused-ring (bicyclic) bond motifs is 1. The van der Waals surface area contributed by atoms with E-state index in [1.165, 1.54) is 0 Å². The van der Waals surface area contributed by atoms with Crippen LogP contribution in [0.4, 0.5) is 0 Å². The molecular weight excluding hydrogens is 394 g/mol. The summed E-state index contributed by atoms with van der Waals surface area (Å²) < 4.78 is 1.89. The second-order valence-corrected chi connectivity index (χ2v) is 9.33. The lowest BCUT2D eigenvalue weighted by Gasteiger charge is -2.53. The number of para-hydroxylation sites is 1. The highest BCUT2D eigenvalue weighted by Gasteiger charge is 2.48. The Balaban J connectivity index is 1.17. The third kappa shape index (κ3) is 3.58. The van der Waals surface area contributed by atoms with Crippen LogP contribution in [-0.2, 0) is 16.1 Å². The maximum atomic E-state index is 13.1. The molecule has 1 aliphatic carbocycles. The van der Waals surface area contributed by atoms with Crippen LogP contribution in [0.5, 0.6) is 0 Å². The number of carbonyl (C=O) groups excluding carboxylic acids is 3. The normalized spacial score (nSPS) is 23.1. The first-order chi connectivity index (χ1) is 15.0. The minimum absolute atomic E-state index is 0.0110. The number of aromatic nitrogens is 2. The van der Waals surface area contributed by atoms with Crippen LogP contribution in [0, 0.1) is 11.3 Å². The van der Waals surface area contributed by atoms with Crippen molar-refractivity contribution >= 4 is 28.6 Å². The number of hydrogen-bond donors (Lipinski definition) is 2. The van der Waals surface area contributed by atoms with Crippen LogP contribution in [0.25, 0.3) is 10.9 Å². The molecule has 8 heteroatoms. The van der Waals surface area contributed by atoms with Gasteiger partial charge in [0.25, 0.3) is 5.91 Å². The summed E-state index contributed by atoms with van der Waals surface area (Å²) in [7, 11) is 0. The van der Waals surface area contributed by atoms with Crippen molar-refractivity contribution in [3.63, 3.8) is 0 Å². The van der Waals surface area contributed by atoms with Gasteiger partial charge in [-0.25, -0.2) is 0 Å². The molecule has 3 amide bonds. The number of nitrogens with one attached hydrogen (secondary N) is 2. The van der Waals surface area contributed by atoms with Crippen molar-refractivity contribution in [2.45, 2.75) is 51.6 Å². The van der Waals surface area contributed by atoms with E-state index < -0.39 is 0 Å². The van der Waals surface area contributed by atoms with Crippen molar-refractivity contribution in [3.8, 4) is 0 Å². The average Bonchev–Trinajstić information content (AvgIpc) is 3.36. The predicted molar refractivity (Wildman–Crippen MR) is 115 cm³/mol. The van der Waals surface area contributed by atoms with Gasteiger partial charge >= 0.3 is 0 Å². The molecule has 3 aliphatic rings. The highest BCUT2D eigenvalue weighted by Crippen LogP contribution is 2.44. The Bertz CT molecular complexity index is 1030. The Morgan fingerprint density at radius 2 is 1.97 bits per heavy atom. The molecule has 2 saturated heterocycles. The first-order valence-electron chi connectivity index (χ1n) is 11.3. The van der Waals surface area contributed by atoms with Crippen LogP contribution in [0.2, 0.25) is 0 Å². The summed E-state index contributed by atoms with van der Waals surface area (Å²) in [4.78, 5) is 38.8. The number of carbonyl (C=O) groups is 3. The van der Waals surface area contributed by atoms with Gasteiger partial charge in [0, 0.05) is 49.4 Å². The second-order valence-electron chi connectivity index (χ2n) is 9.33. The lowest BCUT2D eigenvalue weighted by Crippen LogP contribution is -2.60. The fourth-order valence-electron chi connectivity index (χ4n) is 5.38. The molecular formula is C23H29N5O3. The molecule has 8 nitrogen and oxygen atoms in total. The molecule has 2 aromatic rings. The summed E-state index contributed by atoms with van der Waals surface area (Å²) in [5.74, 6) is -0.276. The van der Waals surface area contributed by atoms with E-state index in [1.807, 2.05) is 40.8 Å². The molecule has 2 N–H and O–H groups in total. The fourth-order valence-corrected chi connectivity index (χ4v) is 5.38. The van der Waals surface area contributed by atoms with Gasteiger partial charge in [0.05, 0.1) is 11.4 Å². The van der Waals surface area contributed by atoms with E-state index in [1.54, 1.807) is 0 Å². The van der Waals surface area contributed by atoms with Crippen molar-refractivity contribution in [1.82, 2.24) is 25.3 Å². The molecule has 164 valence electrons. The standard InChI is InChI=1S/C23H29N5O3/c1-2-28-18-6-4-3-5-17(18)20(26-28)22(31)27-13-23(14-27)9-7-16(8-10-23)25-21(30)15-11-19(29)24-12-15/h3-6,15-16H,2,7-14H2,1H3,(H,24,29)(H,25,30). The van der Waals surface area contributed by atoms with E-state index in [9.17, 15) is 14.4 Å². The van der Waals surface area contributed by atoms with Gasteiger partial charge in [0.1, 0.15) is 0 Å². The molecule has 31 heavy (non-hydrogen) atoms. The van der Waals surface area contributed by atoms with Crippen molar-refractivity contribution in [3.05, 3.63) is 30.0 Å². The Hall–Kier alpha value is -2.90. The summed E-state index contributed by atoms with van der Waals surface area (Å²) in [5.41, 5.74) is 1.72. The maximum absolute atomic E-state index is 13.1. The SMILES string of the molecule is CCn1nc(C(=O)N2CC3(CCC(NC(=O)C4CNC(=O)C4)CC3)C2)c2ccccc21. The minimum atomic E-state index is -0.238. The maximum Gasteiger partial charge on any atom is 0.275 e. The fraction of sp³-hybridized carbons (Fsp3) is 0.565. The Morgan fingerprint density at radius 1 is 1.23 bits per heavy atom. The molecule has 0 bridgehead atoms. The van der Waals surface area contributed by atoms with Gasteiger partial charge < -0.3 is 15.5 Å². The summed E-state index contributed by atoms with van der Waals surface area (Å²) in [6.07, 6.45) is 4.16. The monoisotopic (exact) mass is 423 g/mol. The highest BCUT2D eigenvalue weighted by molar-refractivity contribution is 6.05. The topological polar surface area (TPSA) is 96.3 Å². The molecule has 1 aromatic heterocycles. The zero-order valence-corrected chi connectivity index (χ0v) is 17.9. The van der Waals surface area contributed by atoms with Crippen LogP contribution in [0.15, 0.2) is 24.3 Å². The van der Waals surface area contributed by atoms with Gasteiger partial charge in [-0.15, -0.1) is 0 Å². The number of likely N-dealkylation sites (tertiary alicyclic amines) is 1. The predicted octanol–water partition coefficient (Wildman–Crippen LogP) is 1.69. The van der Waals surface area contributed by atoms with Crippen LogP contribution in [0.1, 0.15) is 49.5 Å². The third-order valence-corrected chi connectivity index (χ3v) is 7.24. The highest BCUT2D eigenvalue weighted by atomic mass is 16.2. The molecule has 3 fully saturated rings. The summed E-state index contributed by atoms with van der Waals surface area (Å²) in [6, 6.07) is 8.07. The van der Waals surface area contributed by atoms with Crippen LogP contribution in [0.3, 0.4) is 0 Å². The zero-order valence-electron chi connectivity index (χ0n) is 17.9. The molecule has 5 rings (SSSR count). The Labute approximate surface area is 181 Å². The molecule has 2 aliphatic heterocycles. The Morgan fingerprint density at radius 3 is 2.65 bits per heavy atom. The molecule has 1 aromatic carbocycles. The van der Waals surface area contributed by atoms with Crippen molar-refractivity contribution in [2.24, 2.45) is 11.3 Å².